The van der Waals surface area contributed by atoms with Crippen LogP contribution in [0.25, 0.3) is 0 Å². The van der Waals surface area contributed by atoms with Crippen molar-refractivity contribution in [1.82, 2.24) is 0 Å². The van der Waals surface area contributed by atoms with Gasteiger partial charge in [0.2, 0.25) is 0 Å². The van der Waals surface area contributed by atoms with Gasteiger partial charge < -0.3 is 0 Å². The standard InChI is InChI=1S/C31H54/c1-9-21(2)22-13-18-28(5)23(22)14-19-30(7)25(28)11-12-26-29(6)17-10-16-27(3,4)24(29)15-20-31(26,30)8/h21-26H,9-20H2,1-8H3/t21-,22-,23-,24-,25-,26-,28+,29+,30-,31-/m1/s1. The van der Waals surface area contributed by atoms with E-state index in [2.05, 4.69) is 55.4 Å². The maximum absolute atomic E-state index is 2.82. The van der Waals surface area contributed by atoms with Crippen LogP contribution in [-0.4, -0.2) is 0 Å². The fourth-order valence-corrected chi connectivity index (χ4v) is 12.3. The van der Waals surface area contributed by atoms with E-state index in [0.717, 1.165) is 35.5 Å². The van der Waals surface area contributed by atoms with Crippen LogP contribution < -0.4 is 0 Å². The van der Waals surface area contributed by atoms with Crippen LogP contribution in [0.2, 0.25) is 0 Å². The SMILES string of the molecule is CC[C@@H](C)[C@H]1CC[C@@]2(C)[C@@H]1CC[C@]1(C)[C@@H]2CC[C@@H]2[C@@]3(C)CCCC(C)(C)[C@H]3CC[C@]21C. The monoisotopic (exact) mass is 426 g/mol. The lowest BCUT2D eigenvalue weighted by Gasteiger charge is -2.73. The molecule has 0 spiro atoms. The molecule has 178 valence electrons. The first-order valence-corrected chi connectivity index (χ1v) is 14.4. The van der Waals surface area contributed by atoms with E-state index >= 15 is 0 Å². The lowest BCUT2D eigenvalue weighted by molar-refractivity contribution is -0.241. The predicted octanol–water partition coefficient (Wildman–Crippen LogP) is 9.52. The molecule has 5 fully saturated rings. The maximum Gasteiger partial charge on any atom is -0.0235 e. The Morgan fingerprint density at radius 3 is 1.90 bits per heavy atom. The molecule has 5 aliphatic carbocycles. The minimum absolute atomic E-state index is 0.560. The topological polar surface area (TPSA) is 0 Å². The van der Waals surface area contributed by atoms with Crippen molar-refractivity contribution in [2.24, 2.45) is 62.6 Å². The molecule has 0 radical (unpaired) electrons. The summed E-state index contributed by atoms with van der Waals surface area (Å²) in [6, 6.07) is 0. The quantitative estimate of drug-likeness (QED) is 0.412. The van der Waals surface area contributed by atoms with Crippen molar-refractivity contribution in [2.45, 2.75) is 132 Å². The van der Waals surface area contributed by atoms with Crippen LogP contribution in [-0.2, 0) is 0 Å². The van der Waals surface area contributed by atoms with E-state index in [1.54, 1.807) is 6.42 Å². The summed E-state index contributed by atoms with van der Waals surface area (Å²) in [5.41, 5.74) is 2.91. The number of fused-ring (bicyclic) bond motifs is 7. The van der Waals surface area contributed by atoms with Crippen LogP contribution in [0.1, 0.15) is 132 Å². The molecule has 0 amide bonds. The van der Waals surface area contributed by atoms with Crippen molar-refractivity contribution in [3.63, 3.8) is 0 Å². The number of rotatable bonds is 2. The Bertz CT molecular complexity index is 705. The smallest absolute Gasteiger partial charge is 0.0235 e. The van der Waals surface area contributed by atoms with E-state index in [1.807, 2.05) is 0 Å². The lowest BCUT2D eigenvalue weighted by atomic mass is 9.32. The van der Waals surface area contributed by atoms with Gasteiger partial charge >= 0.3 is 0 Å². The molecule has 0 heterocycles. The van der Waals surface area contributed by atoms with E-state index in [4.69, 9.17) is 0 Å². The van der Waals surface area contributed by atoms with Gasteiger partial charge in [0.05, 0.1) is 0 Å². The van der Waals surface area contributed by atoms with Crippen LogP contribution in [0.4, 0.5) is 0 Å². The third-order valence-electron chi connectivity index (χ3n) is 14.1. The molecule has 5 saturated carbocycles. The second-order valence-corrected chi connectivity index (χ2v) is 15.2. The Labute approximate surface area is 195 Å². The van der Waals surface area contributed by atoms with Gasteiger partial charge in [0.15, 0.2) is 0 Å². The summed E-state index contributed by atoms with van der Waals surface area (Å²) in [5.74, 6) is 5.86. The predicted molar refractivity (Wildman–Crippen MR) is 134 cm³/mol. The summed E-state index contributed by atoms with van der Waals surface area (Å²) < 4.78 is 0. The van der Waals surface area contributed by atoms with E-state index in [-0.39, 0.29) is 0 Å². The third-order valence-corrected chi connectivity index (χ3v) is 14.1. The molecule has 5 rings (SSSR count). The summed E-state index contributed by atoms with van der Waals surface area (Å²) in [6.07, 6.45) is 18.1. The zero-order chi connectivity index (χ0) is 22.4. The second-order valence-electron chi connectivity index (χ2n) is 15.2. The molecule has 0 nitrogen and oxygen atoms in total. The molecule has 0 aromatic rings. The van der Waals surface area contributed by atoms with E-state index in [1.165, 1.54) is 70.6 Å². The molecular weight excluding hydrogens is 372 g/mol. The highest BCUT2D eigenvalue weighted by atomic mass is 14.7. The van der Waals surface area contributed by atoms with E-state index in [0.29, 0.717) is 27.1 Å². The summed E-state index contributed by atoms with van der Waals surface area (Å²) in [6.45, 7) is 21.4. The molecule has 10 atom stereocenters. The molecule has 0 aromatic carbocycles. The van der Waals surface area contributed by atoms with Crippen LogP contribution in [0, 0.1) is 62.6 Å². The first-order valence-electron chi connectivity index (χ1n) is 14.4. The molecule has 0 heteroatoms. The van der Waals surface area contributed by atoms with Crippen LogP contribution >= 0.6 is 0 Å². The van der Waals surface area contributed by atoms with Crippen molar-refractivity contribution < 1.29 is 0 Å². The molecular formula is C31H54. The largest absolute Gasteiger partial charge is 0.0651 e. The molecule has 0 aromatic heterocycles. The minimum atomic E-state index is 0.560. The Kier molecular flexibility index (Phi) is 5.15. The summed E-state index contributed by atoms with van der Waals surface area (Å²) in [7, 11) is 0. The molecule has 0 unspecified atom stereocenters. The second kappa shape index (κ2) is 7.01. The Morgan fingerprint density at radius 2 is 1.26 bits per heavy atom. The van der Waals surface area contributed by atoms with E-state index < -0.39 is 0 Å². The van der Waals surface area contributed by atoms with Gasteiger partial charge in [-0.3, -0.25) is 0 Å². The molecule has 5 aliphatic rings. The molecule has 0 aliphatic heterocycles. The summed E-state index contributed by atoms with van der Waals surface area (Å²) in [4.78, 5) is 0. The zero-order valence-corrected chi connectivity index (χ0v) is 22.4. The maximum atomic E-state index is 2.82. The Morgan fingerprint density at radius 1 is 0.645 bits per heavy atom. The van der Waals surface area contributed by atoms with Crippen LogP contribution in [0.15, 0.2) is 0 Å². The fraction of sp³-hybridized carbons (Fsp3) is 1.00. The van der Waals surface area contributed by atoms with Crippen molar-refractivity contribution in [1.29, 1.82) is 0 Å². The lowest BCUT2D eigenvalue weighted by Crippen LogP contribution is -2.65. The Balaban J connectivity index is 1.50. The van der Waals surface area contributed by atoms with Gasteiger partial charge in [-0.05, 0) is 127 Å². The Hall–Kier alpha value is 0. The molecule has 0 bridgehead atoms. The van der Waals surface area contributed by atoms with Gasteiger partial charge in [-0.15, -0.1) is 0 Å². The summed E-state index contributed by atoms with van der Waals surface area (Å²) in [5, 5.41) is 0. The molecule has 31 heavy (non-hydrogen) atoms. The van der Waals surface area contributed by atoms with Gasteiger partial charge in [-0.1, -0.05) is 68.2 Å². The van der Waals surface area contributed by atoms with Gasteiger partial charge in [-0.2, -0.15) is 0 Å². The zero-order valence-electron chi connectivity index (χ0n) is 22.4. The van der Waals surface area contributed by atoms with Crippen molar-refractivity contribution >= 4 is 0 Å². The fourth-order valence-electron chi connectivity index (χ4n) is 12.3. The first-order chi connectivity index (χ1) is 14.4. The van der Waals surface area contributed by atoms with Crippen LogP contribution in [0.3, 0.4) is 0 Å². The van der Waals surface area contributed by atoms with Crippen molar-refractivity contribution in [3.8, 4) is 0 Å². The highest BCUT2D eigenvalue weighted by molar-refractivity contribution is 5.19. The third kappa shape index (κ3) is 2.78. The molecule has 0 saturated heterocycles. The van der Waals surface area contributed by atoms with Crippen molar-refractivity contribution in [2.75, 3.05) is 0 Å². The van der Waals surface area contributed by atoms with Crippen LogP contribution in [0.5, 0.6) is 0 Å². The number of hydrogen-bond donors (Lipinski definition) is 0. The average Bonchev–Trinajstić information content (AvgIpc) is 3.04. The molecule has 0 N–H and O–H groups in total. The van der Waals surface area contributed by atoms with Gasteiger partial charge in [0.1, 0.15) is 0 Å². The minimum Gasteiger partial charge on any atom is -0.0651 e. The highest BCUT2D eigenvalue weighted by Gasteiger charge is 2.70. The van der Waals surface area contributed by atoms with Gasteiger partial charge in [-0.25, -0.2) is 0 Å². The van der Waals surface area contributed by atoms with Gasteiger partial charge in [0.25, 0.3) is 0 Å². The summed E-state index contributed by atoms with van der Waals surface area (Å²) >= 11 is 0. The van der Waals surface area contributed by atoms with E-state index in [9.17, 15) is 0 Å². The van der Waals surface area contributed by atoms with Gasteiger partial charge in [0, 0.05) is 0 Å². The average molecular weight is 427 g/mol. The van der Waals surface area contributed by atoms with Crippen molar-refractivity contribution in [3.05, 3.63) is 0 Å². The first kappa shape index (κ1) is 22.8. The highest BCUT2D eigenvalue weighted by Crippen LogP contribution is 2.78. The number of hydrogen-bond acceptors (Lipinski definition) is 0. The normalized spacial score (nSPS) is 56.7.